The van der Waals surface area contributed by atoms with Crippen molar-refractivity contribution in [1.29, 1.82) is 0 Å². The van der Waals surface area contributed by atoms with Crippen molar-refractivity contribution in [1.82, 2.24) is 20.1 Å². The van der Waals surface area contributed by atoms with Gasteiger partial charge in [0.05, 0.1) is 12.4 Å². The Morgan fingerprint density at radius 2 is 1.79 bits per heavy atom. The molecule has 0 aliphatic rings. The van der Waals surface area contributed by atoms with Crippen LogP contribution in [0.5, 0.6) is 5.75 Å². The van der Waals surface area contributed by atoms with Crippen LogP contribution < -0.4 is 15.8 Å². The zero-order chi connectivity index (χ0) is 21.0. The fraction of sp³-hybridized carbons (Fsp3) is 0.158. The number of methoxy groups -OCH3 is 1. The van der Waals surface area contributed by atoms with Crippen molar-refractivity contribution < 1.29 is 14.3 Å². The number of urea groups is 1. The van der Waals surface area contributed by atoms with E-state index in [-0.39, 0.29) is 0 Å². The molecule has 0 saturated heterocycles. The number of halogens is 1. The zero-order valence-electron chi connectivity index (χ0n) is 15.6. The van der Waals surface area contributed by atoms with E-state index in [0.717, 1.165) is 23.0 Å². The van der Waals surface area contributed by atoms with E-state index in [1.807, 2.05) is 41.0 Å². The van der Waals surface area contributed by atoms with E-state index in [4.69, 9.17) is 22.1 Å². The van der Waals surface area contributed by atoms with Gasteiger partial charge in [0.15, 0.2) is 11.0 Å². The van der Waals surface area contributed by atoms with Crippen LogP contribution in [0.25, 0.3) is 17.1 Å². The Kier molecular flexibility index (Phi) is 6.40. The van der Waals surface area contributed by atoms with Gasteiger partial charge in [0.2, 0.25) is 5.91 Å². The molecule has 3 N–H and O–H groups in total. The van der Waals surface area contributed by atoms with E-state index in [1.54, 1.807) is 26.2 Å². The lowest BCUT2D eigenvalue weighted by molar-refractivity contribution is -0.119. The van der Waals surface area contributed by atoms with Gasteiger partial charge in [0.1, 0.15) is 5.75 Å². The monoisotopic (exact) mass is 431 g/mol. The summed E-state index contributed by atoms with van der Waals surface area (Å²) in [5.41, 5.74) is 6.62. The van der Waals surface area contributed by atoms with Crippen LogP contribution in [0.3, 0.4) is 0 Å². The number of primary amides is 1. The number of hydrogen-bond acceptors (Lipinski definition) is 6. The van der Waals surface area contributed by atoms with Crippen molar-refractivity contribution in [3.63, 3.8) is 0 Å². The summed E-state index contributed by atoms with van der Waals surface area (Å²) in [4.78, 5) is 23.0. The SMILES string of the molecule is COc1ccc(-n2c(S[C@@H](C)C(=O)NC(N)=O)nnc2-c2ccc(Cl)cc2)cc1. The summed E-state index contributed by atoms with van der Waals surface area (Å²) in [5.74, 6) is 0.773. The number of benzene rings is 2. The molecule has 0 bridgehead atoms. The fourth-order valence-electron chi connectivity index (χ4n) is 2.53. The predicted octanol–water partition coefficient (Wildman–Crippen LogP) is 3.27. The van der Waals surface area contributed by atoms with Crippen LogP contribution in [0.1, 0.15) is 6.92 Å². The topological polar surface area (TPSA) is 112 Å². The van der Waals surface area contributed by atoms with Gasteiger partial charge >= 0.3 is 6.03 Å². The van der Waals surface area contributed by atoms with E-state index in [0.29, 0.717) is 21.8 Å². The van der Waals surface area contributed by atoms with Crippen molar-refractivity contribution in [3.05, 3.63) is 53.6 Å². The highest BCUT2D eigenvalue weighted by atomic mass is 35.5. The maximum atomic E-state index is 12.1. The smallest absolute Gasteiger partial charge is 0.318 e. The first-order valence-corrected chi connectivity index (χ1v) is 9.77. The van der Waals surface area contributed by atoms with E-state index in [1.165, 1.54) is 0 Å². The normalized spacial score (nSPS) is 11.7. The summed E-state index contributed by atoms with van der Waals surface area (Å²) in [6, 6.07) is 13.7. The Morgan fingerprint density at radius 3 is 2.38 bits per heavy atom. The maximum absolute atomic E-state index is 12.1. The lowest BCUT2D eigenvalue weighted by atomic mass is 10.2. The van der Waals surface area contributed by atoms with Crippen LogP contribution in [0.4, 0.5) is 4.79 Å². The van der Waals surface area contributed by atoms with Gasteiger partial charge in [0, 0.05) is 16.3 Å². The first-order valence-electron chi connectivity index (χ1n) is 8.51. The lowest BCUT2D eigenvalue weighted by Crippen LogP contribution is -2.39. The van der Waals surface area contributed by atoms with Crippen molar-refractivity contribution in [2.75, 3.05) is 7.11 Å². The fourth-order valence-corrected chi connectivity index (χ4v) is 3.52. The van der Waals surface area contributed by atoms with Crippen molar-refractivity contribution >= 4 is 35.3 Å². The van der Waals surface area contributed by atoms with E-state index in [9.17, 15) is 9.59 Å². The second-order valence-corrected chi connectivity index (χ2v) is 7.70. The molecule has 0 aliphatic carbocycles. The third-order valence-corrected chi connectivity index (χ3v) is 5.26. The molecule has 3 amide bonds. The largest absolute Gasteiger partial charge is 0.497 e. The molecule has 3 aromatic rings. The Hall–Kier alpha value is -3.04. The molecule has 0 unspecified atom stereocenters. The summed E-state index contributed by atoms with van der Waals surface area (Å²) in [5, 5.41) is 11.1. The molecule has 150 valence electrons. The second kappa shape index (κ2) is 8.97. The molecule has 1 atom stereocenters. The summed E-state index contributed by atoms with van der Waals surface area (Å²) in [6.07, 6.45) is 0. The quantitative estimate of drug-likeness (QED) is 0.579. The molecule has 29 heavy (non-hydrogen) atoms. The molecule has 1 aromatic heterocycles. The number of nitrogens with one attached hydrogen (secondary N) is 1. The number of thioether (sulfide) groups is 1. The van der Waals surface area contributed by atoms with Gasteiger partial charge in [-0.1, -0.05) is 23.4 Å². The molecule has 10 heteroatoms. The van der Waals surface area contributed by atoms with Crippen molar-refractivity contribution in [2.45, 2.75) is 17.3 Å². The molecule has 0 saturated carbocycles. The van der Waals surface area contributed by atoms with Crippen LogP contribution in [-0.2, 0) is 4.79 Å². The third kappa shape index (κ3) is 4.87. The van der Waals surface area contributed by atoms with E-state index < -0.39 is 17.2 Å². The number of carbonyl (C=O) groups excluding carboxylic acids is 2. The molecule has 0 fully saturated rings. The third-order valence-electron chi connectivity index (χ3n) is 3.96. The number of aromatic nitrogens is 3. The molecule has 3 rings (SSSR count). The Labute approximate surface area is 176 Å². The predicted molar refractivity (Wildman–Crippen MR) is 111 cm³/mol. The molecule has 1 heterocycles. The van der Waals surface area contributed by atoms with Gasteiger partial charge in [0.25, 0.3) is 0 Å². The van der Waals surface area contributed by atoms with Crippen LogP contribution >= 0.6 is 23.4 Å². The average molecular weight is 432 g/mol. The standard InChI is InChI=1S/C19H18ClN5O3S/c1-11(17(26)22-18(21)27)29-19-24-23-16(12-3-5-13(20)6-4-12)25(19)14-7-9-15(28-2)10-8-14/h3-11H,1-2H3,(H3,21,22,26,27)/t11-/m0/s1. The average Bonchev–Trinajstić information content (AvgIpc) is 3.11. The van der Waals surface area contributed by atoms with Gasteiger partial charge in [-0.25, -0.2) is 4.79 Å². The number of rotatable bonds is 6. The van der Waals surface area contributed by atoms with E-state index in [2.05, 4.69) is 15.5 Å². The molecule has 0 aliphatic heterocycles. The second-order valence-electron chi connectivity index (χ2n) is 5.96. The number of amides is 3. The Morgan fingerprint density at radius 1 is 1.14 bits per heavy atom. The number of nitrogens with two attached hydrogens (primary N) is 1. The summed E-state index contributed by atoms with van der Waals surface area (Å²) >= 11 is 7.15. The summed E-state index contributed by atoms with van der Waals surface area (Å²) < 4.78 is 7.04. The minimum atomic E-state index is -0.902. The summed E-state index contributed by atoms with van der Waals surface area (Å²) in [7, 11) is 1.59. The zero-order valence-corrected chi connectivity index (χ0v) is 17.2. The number of imide groups is 1. The number of ether oxygens (including phenoxy) is 1. The molecule has 0 radical (unpaired) electrons. The maximum Gasteiger partial charge on any atom is 0.318 e. The first-order chi connectivity index (χ1) is 13.9. The molecule has 8 nitrogen and oxygen atoms in total. The van der Waals surface area contributed by atoms with Crippen LogP contribution in [0.2, 0.25) is 5.02 Å². The van der Waals surface area contributed by atoms with Gasteiger partial charge < -0.3 is 10.5 Å². The van der Waals surface area contributed by atoms with Crippen LogP contribution in [0.15, 0.2) is 53.7 Å². The Balaban J connectivity index is 2.02. The molecular weight excluding hydrogens is 414 g/mol. The highest BCUT2D eigenvalue weighted by Gasteiger charge is 2.22. The minimum absolute atomic E-state index is 0.479. The van der Waals surface area contributed by atoms with Gasteiger partial charge in [-0.15, -0.1) is 10.2 Å². The van der Waals surface area contributed by atoms with Gasteiger partial charge in [-0.2, -0.15) is 0 Å². The number of carbonyl (C=O) groups is 2. The minimum Gasteiger partial charge on any atom is -0.497 e. The first kappa shape index (κ1) is 20.7. The Bertz CT molecular complexity index is 1020. The molecular formula is C19H18ClN5O3S. The van der Waals surface area contributed by atoms with Crippen LogP contribution in [-0.4, -0.2) is 39.1 Å². The van der Waals surface area contributed by atoms with Gasteiger partial charge in [-0.05, 0) is 55.5 Å². The lowest BCUT2D eigenvalue weighted by Gasteiger charge is -2.13. The number of nitrogens with zero attached hydrogens (tertiary/aromatic N) is 3. The summed E-state index contributed by atoms with van der Waals surface area (Å²) in [6.45, 7) is 1.65. The molecule has 0 spiro atoms. The molecule has 2 aromatic carbocycles. The van der Waals surface area contributed by atoms with Gasteiger partial charge in [-0.3, -0.25) is 14.7 Å². The van der Waals surface area contributed by atoms with Crippen molar-refractivity contribution in [2.24, 2.45) is 5.73 Å². The number of hydrogen-bond donors (Lipinski definition) is 2. The van der Waals surface area contributed by atoms with Crippen molar-refractivity contribution in [3.8, 4) is 22.8 Å². The highest BCUT2D eigenvalue weighted by Crippen LogP contribution is 2.31. The highest BCUT2D eigenvalue weighted by molar-refractivity contribution is 8.00. The van der Waals surface area contributed by atoms with E-state index >= 15 is 0 Å². The van der Waals surface area contributed by atoms with Crippen LogP contribution in [0, 0.1) is 0 Å².